The van der Waals surface area contributed by atoms with Crippen LogP contribution in [0.2, 0.25) is 0 Å². The van der Waals surface area contributed by atoms with Gasteiger partial charge in [-0.1, -0.05) is 0 Å². The molecule has 1 atom stereocenters. The summed E-state index contributed by atoms with van der Waals surface area (Å²) < 4.78 is 19.4. The number of nitrogens with one attached hydrogen (secondary N) is 1. The van der Waals surface area contributed by atoms with Gasteiger partial charge in [0.1, 0.15) is 11.9 Å². The van der Waals surface area contributed by atoms with Crippen molar-refractivity contribution in [2.24, 2.45) is 5.92 Å². The first kappa shape index (κ1) is 15.0. The van der Waals surface area contributed by atoms with Crippen molar-refractivity contribution in [1.82, 2.24) is 4.98 Å². The van der Waals surface area contributed by atoms with E-state index in [9.17, 15) is 14.4 Å². The fraction of sp³-hybridized carbons (Fsp3) is 0.375. The van der Waals surface area contributed by atoms with Gasteiger partial charge in [-0.05, 0) is 47.3 Å². The van der Waals surface area contributed by atoms with Crippen LogP contribution in [0.1, 0.15) is 30.2 Å². The molecular weight excluding hydrogens is 351 g/mol. The van der Waals surface area contributed by atoms with Gasteiger partial charge in [-0.3, -0.25) is 4.79 Å². The van der Waals surface area contributed by atoms with Crippen molar-refractivity contribution in [3.63, 3.8) is 0 Å². The second-order valence-corrected chi connectivity index (χ2v) is 6.15. The Kier molecular flexibility index (Phi) is 3.92. The van der Waals surface area contributed by atoms with E-state index < -0.39 is 5.82 Å². The Hall–Kier alpha value is -1.87. The van der Waals surface area contributed by atoms with E-state index in [0.717, 1.165) is 11.3 Å². The number of carbonyl (C=O) groups is 1. The molecule has 0 aliphatic heterocycles. The molecule has 1 aromatic heterocycles. The number of nitrogens with zero attached hydrogens (tertiary/aromatic N) is 1. The third-order valence-corrected chi connectivity index (χ3v) is 4.87. The van der Waals surface area contributed by atoms with Gasteiger partial charge in [0, 0.05) is 17.5 Å². The molecule has 114 valence electrons. The number of fused-ring (bicyclic) bond motifs is 3. The van der Waals surface area contributed by atoms with Gasteiger partial charge in [-0.25, -0.2) is 4.39 Å². The lowest BCUT2D eigenvalue weighted by Crippen LogP contribution is -2.24. The number of aryl methyl sites for hydroxylation is 1. The molecule has 0 saturated heterocycles. The highest BCUT2D eigenvalue weighted by Gasteiger charge is 2.30. The number of benzene rings is 1. The molecule has 1 heterocycles. The molecule has 1 N–H and O–H groups in total. The Bertz CT molecular complexity index is 807. The molecule has 1 aromatic carbocycles. The summed E-state index contributed by atoms with van der Waals surface area (Å²) in [6.07, 6.45) is 1.86. The maximum atomic E-state index is 14.0. The number of hydrogen-bond acceptors (Lipinski definition) is 3. The number of esters is 1. The minimum absolute atomic E-state index is 0.185. The van der Waals surface area contributed by atoms with E-state index in [2.05, 4.69) is 20.9 Å². The average molecular weight is 365 g/mol. The summed E-state index contributed by atoms with van der Waals surface area (Å²) in [5.74, 6) is -0.828. The number of nitriles is 1. The quantitative estimate of drug-likeness (QED) is 0.827. The van der Waals surface area contributed by atoms with E-state index in [1.165, 1.54) is 6.07 Å². The Morgan fingerprint density at radius 1 is 1.64 bits per heavy atom. The van der Waals surface area contributed by atoms with Crippen molar-refractivity contribution in [3.05, 3.63) is 33.2 Å². The minimum atomic E-state index is -0.446. The first-order valence-corrected chi connectivity index (χ1v) is 7.94. The molecule has 0 radical (unpaired) electrons. The summed E-state index contributed by atoms with van der Waals surface area (Å²) in [5.41, 5.74) is 2.78. The number of carbonyl (C=O) groups excluding carboxylic acids is 1. The van der Waals surface area contributed by atoms with Crippen LogP contribution in [-0.2, 0) is 22.4 Å². The van der Waals surface area contributed by atoms with Gasteiger partial charge in [-0.2, -0.15) is 5.26 Å². The van der Waals surface area contributed by atoms with Crippen molar-refractivity contribution in [3.8, 4) is 6.07 Å². The number of ether oxygens (including phenoxy) is 1. The van der Waals surface area contributed by atoms with Crippen LogP contribution in [-0.4, -0.2) is 17.6 Å². The third-order valence-electron chi connectivity index (χ3n) is 4.10. The highest BCUT2D eigenvalue weighted by Crippen LogP contribution is 2.38. The van der Waals surface area contributed by atoms with Crippen molar-refractivity contribution in [2.45, 2.75) is 26.2 Å². The average Bonchev–Trinajstić information content (AvgIpc) is 2.89. The van der Waals surface area contributed by atoms with Crippen LogP contribution < -0.4 is 0 Å². The zero-order valence-corrected chi connectivity index (χ0v) is 13.6. The van der Waals surface area contributed by atoms with Gasteiger partial charge in [0.25, 0.3) is 0 Å². The van der Waals surface area contributed by atoms with E-state index in [1.54, 1.807) is 6.92 Å². The number of rotatable bonds is 2. The molecule has 0 spiro atoms. The second-order valence-electron chi connectivity index (χ2n) is 5.36. The summed E-state index contributed by atoms with van der Waals surface area (Å²) >= 11 is 3.28. The fourth-order valence-electron chi connectivity index (χ4n) is 3.08. The highest BCUT2D eigenvalue weighted by molar-refractivity contribution is 9.10. The maximum absolute atomic E-state index is 14.0. The van der Waals surface area contributed by atoms with E-state index in [1.807, 2.05) is 6.07 Å². The first-order chi connectivity index (χ1) is 10.6. The number of aromatic amines is 1. The first-order valence-electron chi connectivity index (χ1n) is 7.15. The molecule has 4 nitrogen and oxygen atoms in total. The van der Waals surface area contributed by atoms with E-state index in [-0.39, 0.29) is 17.5 Å². The minimum Gasteiger partial charge on any atom is -0.466 e. The largest absolute Gasteiger partial charge is 0.466 e. The van der Waals surface area contributed by atoms with Crippen molar-refractivity contribution >= 4 is 32.8 Å². The van der Waals surface area contributed by atoms with Crippen LogP contribution in [0.15, 0.2) is 10.5 Å². The molecule has 3 rings (SSSR count). The summed E-state index contributed by atoms with van der Waals surface area (Å²) in [5, 5.41) is 9.91. The number of aromatic nitrogens is 1. The number of H-pyrrole nitrogens is 1. The number of hydrogen-bond donors (Lipinski definition) is 1. The topological polar surface area (TPSA) is 65.9 Å². The molecule has 0 fully saturated rings. The van der Waals surface area contributed by atoms with Crippen LogP contribution in [0.4, 0.5) is 4.39 Å². The second kappa shape index (κ2) is 5.73. The van der Waals surface area contributed by atoms with Crippen LogP contribution in [0.3, 0.4) is 0 Å². The third kappa shape index (κ3) is 2.30. The van der Waals surface area contributed by atoms with Crippen LogP contribution in [0.5, 0.6) is 0 Å². The van der Waals surface area contributed by atoms with E-state index in [0.29, 0.717) is 41.2 Å². The van der Waals surface area contributed by atoms with Gasteiger partial charge < -0.3 is 9.72 Å². The standard InChI is InChI=1S/C16H14BrFN2O2/c1-2-22-16(21)8-3-4-10-12(6-8)20-15-9(7-19)5-11(18)14(17)13(10)15/h5,8,20H,2-4,6H2,1H3. The summed E-state index contributed by atoms with van der Waals surface area (Å²) in [4.78, 5) is 15.1. The van der Waals surface area contributed by atoms with Crippen LogP contribution in [0.25, 0.3) is 10.9 Å². The maximum Gasteiger partial charge on any atom is 0.309 e. The SMILES string of the molecule is CCOC(=O)C1CCc2c([nH]c3c(C#N)cc(F)c(Br)c23)C1. The summed E-state index contributed by atoms with van der Waals surface area (Å²) in [6.45, 7) is 2.15. The molecule has 2 aromatic rings. The smallest absolute Gasteiger partial charge is 0.309 e. The molecule has 0 amide bonds. The molecular formula is C16H14BrFN2O2. The lowest BCUT2D eigenvalue weighted by Gasteiger charge is -2.20. The zero-order valence-electron chi connectivity index (χ0n) is 12.0. The number of halogens is 2. The molecule has 1 aliphatic rings. The Labute approximate surface area is 135 Å². The summed E-state index contributed by atoms with van der Waals surface area (Å²) in [7, 11) is 0. The monoisotopic (exact) mass is 364 g/mol. The Balaban J connectivity index is 2.09. The van der Waals surface area contributed by atoms with Gasteiger partial charge in [0.2, 0.25) is 0 Å². The zero-order chi connectivity index (χ0) is 15.9. The lowest BCUT2D eigenvalue weighted by atomic mass is 9.87. The predicted octanol–water partition coefficient (Wildman–Crippen LogP) is 3.61. The van der Waals surface area contributed by atoms with Crippen LogP contribution >= 0.6 is 15.9 Å². The Morgan fingerprint density at radius 2 is 2.41 bits per heavy atom. The predicted molar refractivity (Wildman–Crippen MR) is 82.8 cm³/mol. The van der Waals surface area contributed by atoms with Crippen molar-refractivity contribution in [1.29, 1.82) is 5.26 Å². The molecule has 6 heteroatoms. The van der Waals surface area contributed by atoms with Crippen molar-refractivity contribution < 1.29 is 13.9 Å². The Morgan fingerprint density at radius 3 is 3.09 bits per heavy atom. The molecule has 1 unspecified atom stereocenters. The molecule has 0 bridgehead atoms. The van der Waals surface area contributed by atoms with Gasteiger partial charge in [0.15, 0.2) is 0 Å². The van der Waals surface area contributed by atoms with Gasteiger partial charge >= 0.3 is 5.97 Å². The van der Waals surface area contributed by atoms with Gasteiger partial charge in [-0.15, -0.1) is 0 Å². The molecule has 22 heavy (non-hydrogen) atoms. The summed E-state index contributed by atoms with van der Waals surface area (Å²) in [6, 6.07) is 3.24. The molecule has 1 aliphatic carbocycles. The van der Waals surface area contributed by atoms with E-state index in [4.69, 9.17) is 4.74 Å². The normalized spacial score (nSPS) is 17.1. The van der Waals surface area contributed by atoms with Crippen molar-refractivity contribution in [2.75, 3.05) is 6.61 Å². The van der Waals surface area contributed by atoms with Gasteiger partial charge in [0.05, 0.1) is 28.1 Å². The highest BCUT2D eigenvalue weighted by atomic mass is 79.9. The van der Waals surface area contributed by atoms with Crippen LogP contribution in [0, 0.1) is 23.1 Å². The molecule has 0 saturated carbocycles. The van der Waals surface area contributed by atoms with E-state index >= 15 is 0 Å². The fourth-order valence-corrected chi connectivity index (χ4v) is 3.64. The lowest BCUT2D eigenvalue weighted by molar-refractivity contribution is -0.148.